The van der Waals surface area contributed by atoms with Crippen LogP contribution in [0.1, 0.15) is 66.2 Å². The summed E-state index contributed by atoms with van der Waals surface area (Å²) < 4.78 is 20.5. The summed E-state index contributed by atoms with van der Waals surface area (Å²) in [6.45, 7) is 0.254. The lowest BCUT2D eigenvalue weighted by Crippen LogP contribution is -2.35. The molecule has 0 bridgehead atoms. The zero-order valence-electron chi connectivity index (χ0n) is 23.2. The monoisotopic (exact) mass is 585 g/mol. The molecule has 3 aromatic carbocycles. The standard InChI is InChI=1S/C33H32FN3O5.CH4/c1-41-36(30(23-7-3-2-4-8-23)33(40)42-27-9-5-6-10-27)21-22-11-17-26(18-12-22)37-29(38)20-19-28(32(37)35)31(39)24-13-15-25(34)16-14-24;/h2-4,7-8,11-20,27,30H,5-6,9-10,21,35H2,1H3;1H4. The van der Waals surface area contributed by atoms with Crippen LogP contribution in [-0.2, 0) is 20.9 Å². The number of carbonyl (C=O) groups is 2. The van der Waals surface area contributed by atoms with E-state index in [1.54, 1.807) is 29.3 Å². The highest BCUT2D eigenvalue weighted by molar-refractivity contribution is 6.11. The number of hydroxylamine groups is 2. The second-order valence-electron chi connectivity index (χ2n) is 10.2. The van der Waals surface area contributed by atoms with Crippen molar-refractivity contribution < 1.29 is 23.6 Å². The molecule has 5 rings (SSSR count). The van der Waals surface area contributed by atoms with Gasteiger partial charge in [0, 0.05) is 11.6 Å². The molecule has 8 nitrogen and oxygen atoms in total. The first-order valence-corrected chi connectivity index (χ1v) is 13.8. The van der Waals surface area contributed by atoms with Crippen LogP contribution < -0.4 is 11.3 Å². The van der Waals surface area contributed by atoms with Gasteiger partial charge in [-0.15, -0.1) is 0 Å². The quantitative estimate of drug-likeness (QED) is 0.138. The van der Waals surface area contributed by atoms with Gasteiger partial charge >= 0.3 is 5.97 Å². The van der Waals surface area contributed by atoms with Gasteiger partial charge in [-0.1, -0.05) is 49.9 Å². The molecule has 0 radical (unpaired) electrons. The average Bonchev–Trinajstić information content (AvgIpc) is 3.51. The van der Waals surface area contributed by atoms with E-state index in [0.717, 1.165) is 36.8 Å². The Balaban J connectivity index is 0.00000423. The zero-order valence-corrected chi connectivity index (χ0v) is 23.2. The molecule has 4 aromatic rings. The second kappa shape index (κ2) is 14.0. The summed E-state index contributed by atoms with van der Waals surface area (Å²) >= 11 is 0. The number of rotatable bonds is 10. The maximum absolute atomic E-state index is 13.4. The van der Waals surface area contributed by atoms with Crippen molar-refractivity contribution >= 4 is 17.6 Å². The van der Waals surface area contributed by atoms with Crippen molar-refractivity contribution in [1.29, 1.82) is 0 Å². The summed E-state index contributed by atoms with van der Waals surface area (Å²) in [6, 6.07) is 23.4. The lowest BCUT2D eigenvalue weighted by atomic mass is 10.0. The molecular weight excluding hydrogens is 549 g/mol. The number of ether oxygens (including phenoxy) is 1. The average molecular weight is 586 g/mol. The summed E-state index contributed by atoms with van der Waals surface area (Å²) in [5.74, 6) is -1.28. The fourth-order valence-corrected chi connectivity index (χ4v) is 5.25. The normalized spacial score (nSPS) is 13.8. The van der Waals surface area contributed by atoms with Crippen LogP contribution in [0.15, 0.2) is 95.8 Å². The number of aromatic nitrogens is 1. The van der Waals surface area contributed by atoms with Gasteiger partial charge in [-0.2, -0.15) is 5.06 Å². The van der Waals surface area contributed by atoms with Crippen LogP contribution in [0.5, 0.6) is 0 Å². The molecule has 1 aliphatic carbocycles. The molecule has 0 amide bonds. The molecule has 0 saturated heterocycles. The number of pyridine rings is 1. The largest absolute Gasteiger partial charge is 0.461 e. The van der Waals surface area contributed by atoms with E-state index in [1.165, 1.54) is 48.1 Å². The molecule has 1 aliphatic rings. The molecule has 1 fully saturated rings. The second-order valence-corrected chi connectivity index (χ2v) is 10.2. The number of hydrogen-bond donors (Lipinski definition) is 1. The van der Waals surface area contributed by atoms with Crippen LogP contribution in [0.25, 0.3) is 5.69 Å². The van der Waals surface area contributed by atoms with Crippen LogP contribution in [0, 0.1) is 5.82 Å². The smallest absolute Gasteiger partial charge is 0.330 e. The summed E-state index contributed by atoms with van der Waals surface area (Å²) in [7, 11) is 1.51. The summed E-state index contributed by atoms with van der Waals surface area (Å²) in [5.41, 5.74) is 8.30. The lowest BCUT2D eigenvalue weighted by molar-refractivity contribution is -0.197. The third-order valence-electron chi connectivity index (χ3n) is 7.46. The number of hydrogen-bond acceptors (Lipinski definition) is 7. The highest BCUT2D eigenvalue weighted by Crippen LogP contribution is 2.29. The lowest BCUT2D eigenvalue weighted by Gasteiger charge is -2.29. The van der Waals surface area contributed by atoms with E-state index in [-0.39, 0.29) is 43.0 Å². The number of carbonyl (C=O) groups excluding carboxylic acids is 2. The molecule has 224 valence electrons. The van der Waals surface area contributed by atoms with Gasteiger partial charge < -0.3 is 15.3 Å². The predicted molar refractivity (Wildman–Crippen MR) is 163 cm³/mol. The van der Waals surface area contributed by atoms with E-state index in [0.29, 0.717) is 5.69 Å². The summed E-state index contributed by atoms with van der Waals surface area (Å²) in [5, 5.41) is 1.57. The van der Waals surface area contributed by atoms with Gasteiger partial charge in [0.05, 0.1) is 24.9 Å². The van der Waals surface area contributed by atoms with E-state index in [9.17, 15) is 18.8 Å². The van der Waals surface area contributed by atoms with E-state index in [1.807, 2.05) is 30.3 Å². The van der Waals surface area contributed by atoms with E-state index in [2.05, 4.69) is 0 Å². The molecule has 1 unspecified atom stereocenters. The van der Waals surface area contributed by atoms with E-state index < -0.39 is 23.2 Å². The molecular formula is C34H36FN3O5. The first-order chi connectivity index (χ1) is 20.4. The fraction of sp³-hybridized carbons (Fsp3) is 0.265. The van der Waals surface area contributed by atoms with Crippen molar-refractivity contribution in [3.05, 3.63) is 129 Å². The van der Waals surface area contributed by atoms with Gasteiger partial charge in [0.25, 0.3) is 5.56 Å². The molecule has 2 N–H and O–H groups in total. The summed E-state index contributed by atoms with van der Waals surface area (Å²) in [6.07, 6.45) is 3.73. The van der Waals surface area contributed by atoms with Crippen LogP contribution in [0.4, 0.5) is 10.2 Å². The van der Waals surface area contributed by atoms with Crippen LogP contribution >= 0.6 is 0 Å². The van der Waals surface area contributed by atoms with Crippen molar-refractivity contribution in [3.63, 3.8) is 0 Å². The van der Waals surface area contributed by atoms with Crippen molar-refractivity contribution in [3.8, 4) is 5.69 Å². The Kier molecular flexibility index (Phi) is 10.2. The molecule has 1 heterocycles. The molecule has 43 heavy (non-hydrogen) atoms. The van der Waals surface area contributed by atoms with Crippen molar-refractivity contribution in [2.75, 3.05) is 12.8 Å². The fourth-order valence-electron chi connectivity index (χ4n) is 5.25. The van der Waals surface area contributed by atoms with Crippen molar-refractivity contribution in [2.45, 2.75) is 51.8 Å². The van der Waals surface area contributed by atoms with Gasteiger partial charge in [0.2, 0.25) is 0 Å². The minimum Gasteiger partial charge on any atom is -0.461 e. The van der Waals surface area contributed by atoms with Crippen molar-refractivity contribution in [1.82, 2.24) is 9.63 Å². The highest BCUT2D eigenvalue weighted by atomic mass is 19.1. The van der Waals surface area contributed by atoms with Gasteiger partial charge in [-0.25, -0.2) is 9.18 Å². The number of benzene rings is 3. The van der Waals surface area contributed by atoms with Gasteiger partial charge in [0.1, 0.15) is 17.7 Å². The number of halogens is 1. The molecule has 1 aromatic heterocycles. The maximum atomic E-state index is 13.4. The van der Waals surface area contributed by atoms with Crippen molar-refractivity contribution in [2.24, 2.45) is 0 Å². The van der Waals surface area contributed by atoms with Crippen LogP contribution in [0.3, 0.4) is 0 Å². The van der Waals surface area contributed by atoms with Gasteiger partial charge in [-0.05, 0) is 79.3 Å². The molecule has 1 saturated carbocycles. The number of nitrogen functional groups attached to an aromatic ring is 1. The van der Waals surface area contributed by atoms with Gasteiger partial charge in [-0.3, -0.25) is 14.2 Å². The predicted octanol–water partition coefficient (Wildman–Crippen LogP) is 6.02. The van der Waals surface area contributed by atoms with E-state index >= 15 is 0 Å². The Bertz CT molecular complexity index is 1600. The molecule has 0 spiro atoms. The first-order valence-electron chi connectivity index (χ1n) is 13.8. The number of esters is 1. The molecule has 0 aliphatic heterocycles. The SMILES string of the molecule is C.CON(Cc1ccc(-n2c(N)c(C(=O)c3ccc(F)cc3)ccc2=O)cc1)C(C(=O)OC1CCCC1)c1ccccc1. The third-order valence-corrected chi connectivity index (χ3v) is 7.46. The van der Waals surface area contributed by atoms with Crippen LogP contribution in [0.2, 0.25) is 0 Å². The minimum atomic E-state index is -0.774. The van der Waals surface area contributed by atoms with Gasteiger partial charge in [0.15, 0.2) is 11.8 Å². The number of nitrogens with two attached hydrogens (primary N) is 1. The first kappa shape index (κ1) is 31.3. The maximum Gasteiger partial charge on any atom is 0.330 e. The number of nitrogens with zero attached hydrogens (tertiary/aromatic N) is 2. The Labute approximate surface area is 250 Å². The summed E-state index contributed by atoms with van der Waals surface area (Å²) in [4.78, 5) is 44.9. The van der Waals surface area contributed by atoms with E-state index in [4.69, 9.17) is 15.3 Å². The Morgan fingerprint density at radius 1 is 0.953 bits per heavy atom. The van der Waals surface area contributed by atoms with Crippen LogP contribution in [-0.4, -0.2) is 34.6 Å². The molecule has 1 atom stereocenters. The Morgan fingerprint density at radius 3 is 2.23 bits per heavy atom. The minimum absolute atomic E-state index is 0. The number of anilines is 1. The Hall–Kier alpha value is -4.60. The zero-order chi connectivity index (χ0) is 29.6. The highest BCUT2D eigenvalue weighted by Gasteiger charge is 2.32. The third kappa shape index (κ3) is 7.07. The Morgan fingerprint density at radius 2 is 1.60 bits per heavy atom. The number of ketones is 1. The topological polar surface area (TPSA) is 104 Å². The molecule has 9 heteroatoms.